The van der Waals surface area contributed by atoms with Gasteiger partial charge in [0, 0.05) is 6.42 Å². The predicted octanol–water partition coefficient (Wildman–Crippen LogP) is 3.56. The Morgan fingerprint density at radius 1 is 1.32 bits per heavy atom. The monoisotopic (exact) mass is 360 g/mol. The first-order valence-electron chi connectivity index (χ1n) is 9.01. The van der Waals surface area contributed by atoms with Gasteiger partial charge in [-0.2, -0.15) is 0 Å². The zero-order valence-electron chi connectivity index (χ0n) is 14.7. The molecule has 3 aliphatic carbocycles. The Labute approximate surface area is 149 Å². The average molecular weight is 360 g/mol. The third-order valence-electron chi connectivity index (χ3n) is 6.48. The summed E-state index contributed by atoms with van der Waals surface area (Å²) < 4.78 is 29.1. The van der Waals surface area contributed by atoms with Gasteiger partial charge in [0.05, 0.1) is 22.8 Å². The molecule has 134 valence electrons. The number of rotatable bonds is 4. The second-order valence-electron chi connectivity index (χ2n) is 8.10. The summed E-state index contributed by atoms with van der Waals surface area (Å²) in [5, 5.41) is 0. The van der Waals surface area contributed by atoms with E-state index in [9.17, 15) is 13.2 Å². The molecule has 0 amide bonds. The van der Waals surface area contributed by atoms with Crippen molar-refractivity contribution in [2.75, 3.05) is 12.4 Å². The third kappa shape index (κ3) is 2.73. The minimum absolute atomic E-state index is 0.132. The first-order valence-corrected chi connectivity index (χ1v) is 10.7. The van der Waals surface area contributed by atoms with Crippen LogP contribution in [0.15, 0.2) is 34.7 Å². The van der Waals surface area contributed by atoms with E-state index in [-0.39, 0.29) is 11.7 Å². The summed E-state index contributed by atoms with van der Waals surface area (Å²) in [6, 6.07) is 4.76. The van der Waals surface area contributed by atoms with Gasteiger partial charge in [0.1, 0.15) is 0 Å². The minimum atomic E-state index is -3.15. The van der Waals surface area contributed by atoms with Crippen molar-refractivity contribution in [1.82, 2.24) is 0 Å². The number of benzene rings is 1. The van der Waals surface area contributed by atoms with E-state index in [2.05, 4.69) is 19.9 Å². The van der Waals surface area contributed by atoms with E-state index in [4.69, 9.17) is 4.74 Å². The molecule has 1 aromatic carbocycles. The molecule has 4 nitrogen and oxygen atoms in total. The van der Waals surface area contributed by atoms with Gasteiger partial charge in [0.25, 0.3) is 0 Å². The van der Waals surface area contributed by atoms with Crippen molar-refractivity contribution >= 4 is 15.8 Å². The molecule has 0 saturated heterocycles. The molecule has 1 aliphatic heterocycles. The molecular weight excluding hydrogens is 336 g/mol. The Morgan fingerprint density at radius 3 is 2.84 bits per heavy atom. The Kier molecular flexibility index (Phi) is 3.83. The van der Waals surface area contributed by atoms with Crippen LogP contribution in [-0.2, 0) is 21.0 Å². The maximum absolute atomic E-state index is 12.3. The van der Waals surface area contributed by atoms with Gasteiger partial charge in [0.2, 0.25) is 0 Å². The van der Waals surface area contributed by atoms with E-state index in [1.807, 2.05) is 0 Å². The van der Waals surface area contributed by atoms with E-state index in [0.29, 0.717) is 34.8 Å². The summed E-state index contributed by atoms with van der Waals surface area (Å²) in [4.78, 5) is 12.6. The van der Waals surface area contributed by atoms with Crippen molar-refractivity contribution in [2.45, 2.75) is 44.4 Å². The van der Waals surface area contributed by atoms with E-state index >= 15 is 0 Å². The molecule has 1 saturated carbocycles. The number of allylic oxidation sites excluding steroid dienone is 1. The third-order valence-corrected chi connectivity index (χ3v) is 8.29. The van der Waals surface area contributed by atoms with Gasteiger partial charge in [-0.25, -0.2) is 13.2 Å². The number of sulfone groups is 1. The van der Waals surface area contributed by atoms with Crippen LogP contribution in [-0.4, -0.2) is 26.7 Å². The lowest BCUT2D eigenvalue weighted by Crippen LogP contribution is -2.48. The first kappa shape index (κ1) is 16.8. The Hall–Kier alpha value is -1.62. The van der Waals surface area contributed by atoms with E-state index in [1.165, 1.54) is 18.1 Å². The van der Waals surface area contributed by atoms with E-state index < -0.39 is 9.84 Å². The van der Waals surface area contributed by atoms with Crippen molar-refractivity contribution in [3.05, 3.63) is 41.0 Å². The molecule has 0 N–H and O–H groups in total. The first-order chi connectivity index (χ1) is 11.8. The molecule has 0 unspecified atom stereocenters. The number of esters is 1. The second kappa shape index (κ2) is 5.70. The second-order valence-corrected chi connectivity index (χ2v) is 10.2. The van der Waals surface area contributed by atoms with Gasteiger partial charge >= 0.3 is 5.97 Å². The lowest BCUT2D eigenvalue weighted by Gasteiger charge is -2.56. The smallest absolute Gasteiger partial charge is 0.338 e. The highest BCUT2D eigenvalue weighted by Gasteiger charge is 2.50. The fraction of sp³-hybridized carbons (Fsp3) is 0.550. The largest absolute Gasteiger partial charge is 0.462 e. The SMILES string of the molecule is CC1(C)[C@H]2CC=C(CCOC(=O)c3ccc4c(c3)CCS4(=O)=O)[C@@H]1C2. The molecule has 25 heavy (non-hydrogen) atoms. The van der Waals surface area contributed by atoms with E-state index in [0.717, 1.165) is 24.3 Å². The van der Waals surface area contributed by atoms with Crippen molar-refractivity contribution in [2.24, 2.45) is 17.3 Å². The van der Waals surface area contributed by atoms with Crippen molar-refractivity contribution < 1.29 is 17.9 Å². The zero-order chi connectivity index (χ0) is 17.8. The Balaban J connectivity index is 1.37. The van der Waals surface area contributed by atoms with Gasteiger partial charge in [-0.05, 0) is 60.3 Å². The highest BCUT2D eigenvalue weighted by Crippen LogP contribution is 2.59. The zero-order valence-corrected chi connectivity index (χ0v) is 15.6. The van der Waals surface area contributed by atoms with Crippen LogP contribution >= 0.6 is 0 Å². The van der Waals surface area contributed by atoms with Crippen molar-refractivity contribution in [3.63, 3.8) is 0 Å². The summed E-state index contributed by atoms with van der Waals surface area (Å²) in [5.41, 5.74) is 2.99. The highest BCUT2D eigenvalue weighted by atomic mass is 32.2. The molecule has 4 aliphatic rings. The average Bonchev–Trinajstić information content (AvgIpc) is 2.89. The van der Waals surface area contributed by atoms with Crippen LogP contribution in [0.4, 0.5) is 0 Å². The van der Waals surface area contributed by atoms with Gasteiger partial charge < -0.3 is 4.74 Å². The molecule has 2 atom stereocenters. The number of fused-ring (bicyclic) bond motifs is 2. The fourth-order valence-electron chi connectivity index (χ4n) is 4.66. The minimum Gasteiger partial charge on any atom is -0.462 e. The molecular formula is C20H24O4S. The number of hydrogen-bond donors (Lipinski definition) is 0. The molecule has 1 heterocycles. The predicted molar refractivity (Wildman–Crippen MR) is 95.2 cm³/mol. The van der Waals surface area contributed by atoms with Gasteiger partial charge in [-0.15, -0.1) is 0 Å². The number of ether oxygens (including phenoxy) is 1. The maximum Gasteiger partial charge on any atom is 0.338 e. The Bertz CT molecular complexity index is 864. The number of hydrogen-bond acceptors (Lipinski definition) is 4. The lowest BCUT2D eigenvalue weighted by atomic mass is 9.48. The summed E-state index contributed by atoms with van der Waals surface area (Å²) in [7, 11) is -3.15. The van der Waals surface area contributed by atoms with Crippen LogP contribution in [0.2, 0.25) is 0 Å². The van der Waals surface area contributed by atoms with Crippen LogP contribution in [0.25, 0.3) is 0 Å². The number of aryl methyl sites for hydroxylation is 1. The van der Waals surface area contributed by atoms with E-state index in [1.54, 1.807) is 12.1 Å². The molecule has 5 heteroatoms. The summed E-state index contributed by atoms with van der Waals surface area (Å²) in [6.07, 6.45) is 6.02. The van der Waals surface area contributed by atoms with Gasteiger partial charge in [0.15, 0.2) is 9.84 Å². The van der Waals surface area contributed by atoms with Gasteiger partial charge in [-0.3, -0.25) is 0 Å². The molecule has 0 aromatic heterocycles. The summed E-state index contributed by atoms with van der Waals surface area (Å²) in [5.74, 6) is 1.21. The fourth-order valence-corrected chi connectivity index (χ4v) is 6.21. The van der Waals surface area contributed by atoms with Gasteiger partial charge in [-0.1, -0.05) is 25.5 Å². The number of carbonyl (C=O) groups excluding carboxylic acids is 1. The molecule has 0 radical (unpaired) electrons. The van der Waals surface area contributed by atoms with Crippen LogP contribution < -0.4 is 0 Å². The Morgan fingerprint density at radius 2 is 2.12 bits per heavy atom. The maximum atomic E-state index is 12.3. The summed E-state index contributed by atoms with van der Waals surface area (Å²) >= 11 is 0. The molecule has 1 aromatic rings. The molecule has 1 fully saturated rings. The van der Waals surface area contributed by atoms with Crippen LogP contribution in [0, 0.1) is 17.3 Å². The molecule has 5 rings (SSSR count). The standard InChI is InChI=1S/C20H24O4S/c1-20(2)16-5-3-13(17(20)12-16)7-9-24-19(21)15-4-6-18-14(11-15)8-10-25(18,22)23/h3-4,6,11,16-17H,5,7-10,12H2,1-2H3/t16-,17-/m0/s1. The quantitative estimate of drug-likeness (QED) is 0.608. The van der Waals surface area contributed by atoms with Crippen molar-refractivity contribution in [1.29, 1.82) is 0 Å². The van der Waals surface area contributed by atoms with Crippen LogP contribution in [0.3, 0.4) is 0 Å². The normalized spacial score (nSPS) is 27.8. The van der Waals surface area contributed by atoms with Crippen LogP contribution in [0.5, 0.6) is 0 Å². The molecule has 2 bridgehead atoms. The van der Waals surface area contributed by atoms with Crippen molar-refractivity contribution in [3.8, 4) is 0 Å². The summed E-state index contributed by atoms with van der Waals surface area (Å²) in [6.45, 7) is 5.06. The lowest BCUT2D eigenvalue weighted by molar-refractivity contribution is -0.0103. The highest BCUT2D eigenvalue weighted by molar-refractivity contribution is 7.91. The van der Waals surface area contributed by atoms with Crippen LogP contribution in [0.1, 0.15) is 49.0 Å². The number of carbonyl (C=O) groups is 1. The topological polar surface area (TPSA) is 60.4 Å². The molecule has 0 spiro atoms.